The molecule has 2 atom stereocenters. The molecule has 6 heteroatoms. The van der Waals surface area contributed by atoms with Gasteiger partial charge in [0.25, 0.3) is 0 Å². The van der Waals surface area contributed by atoms with Crippen molar-refractivity contribution in [1.29, 1.82) is 0 Å². The molecule has 0 amide bonds. The predicted octanol–water partition coefficient (Wildman–Crippen LogP) is 5.75. The summed E-state index contributed by atoms with van der Waals surface area (Å²) in [4.78, 5) is 13.4. The van der Waals surface area contributed by atoms with Crippen LogP contribution in [0, 0.1) is 19.8 Å². The Morgan fingerprint density at radius 2 is 1.83 bits per heavy atom. The number of rotatable bonds is 5. The second-order valence-electron chi connectivity index (χ2n) is 8.02. The monoisotopic (exact) mass is 405 g/mol. The largest absolute Gasteiger partial charge is 0.481 e. The lowest BCUT2D eigenvalue weighted by atomic mass is 9.84. The molecule has 29 heavy (non-hydrogen) atoms. The summed E-state index contributed by atoms with van der Waals surface area (Å²) in [7, 11) is 0. The average Bonchev–Trinajstić information content (AvgIpc) is 2.65. The van der Waals surface area contributed by atoms with Gasteiger partial charge in [-0.3, -0.25) is 9.69 Å². The van der Waals surface area contributed by atoms with Crippen molar-refractivity contribution >= 4 is 5.97 Å². The van der Waals surface area contributed by atoms with E-state index in [0.29, 0.717) is 13.0 Å². The number of piperidine rings is 1. The molecule has 1 aliphatic heterocycles. The second-order valence-corrected chi connectivity index (χ2v) is 8.02. The first-order valence-electron chi connectivity index (χ1n) is 9.82. The van der Waals surface area contributed by atoms with Crippen LogP contribution in [0.2, 0.25) is 0 Å². The van der Waals surface area contributed by atoms with Crippen LogP contribution in [0.3, 0.4) is 0 Å². The van der Waals surface area contributed by atoms with Gasteiger partial charge in [0.15, 0.2) is 0 Å². The number of alkyl halides is 3. The zero-order valence-electron chi connectivity index (χ0n) is 16.7. The van der Waals surface area contributed by atoms with Gasteiger partial charge < -0.3 is 5.11 Å². The van der Waals surface area contributed by atoms with Crippen molar-refractivity contribution < 1.29 is 23.1 Å². The molecule has 1 aliphatic rings. The maximum Gasteiger partial charge on any atom is 0.416 e. The number of aliphatic carboxylic acids is 1. The van der Waals surface area contributed by atoms with Gasteiger partial charge in [0, 0.05) is 19.0 Å². The number of likely N-dealkylation sites (tertiary alicyclic amines) is 1. The zero-order chi connectivity index (χ0) is 21.2. The molecule has 1 heterocycles. The van der Waals surface area contributed by atoms with Gasteiger partial charge in [-0.2, -0.15) is 13.2 Å². The number of carbonyl (C=O) groups is 1. The van der Waals surface area contributed by atoms with Crippen LogP contribution in [-0.2, 0) is 17.5 Å². The maximum absolute atomic E-state index is 12.9. The number of hydrogen-bond acceptors (Lipinski definition) is 2. The van der Waals surface area contributed by atoms with Crippen molar-refractivity contribution in [3.05, 3.63) is 70.3 Å². The first-order chi connectivity index (χ1) is 13.6. The van der Waals surface area contributed by atoms with Crippen LogP contribution in [0.4, 0.5) is 13.2 Å². The van der Waals surface area contributed by atoms with Crippen LogP contribution in [-0.4, -0.2) is 22.5 Å². The maximum atomic E-state index is 12.9. The molecular formula is C23H26F3NO2. The fraction of sp³-hybridized carbons (Fsp3) is 0.435. The molecule has 0 aliphatic carbocycles. The van der Waals surface area contributed by atoms with Crippen LogP contribution in [0.25, 0.3) is 0 Å². The normalized spacial score (nSPS) is 20.6. The average molecular weight is 405 g/mol. The Morgan fingerprint density at radius 1 is 1.14 bits per heavy atom. The van der Waals surface area contributed by atoms with E-state index in [0.717, 1.165) is 36.2 Å². The Balaban J connectivity index is 1.87. The smallest absolute Gasteiger partial charge is 0.416 e. The van der Waals surface area contributed by atoms with Crippen molar-refractivity contribution in [1.82, 2.24) is 4.90 Å². The molecule has 0 bridgehead atoms. The zero-order valence-corrected chi connectivity index (χ0v) is 16.7. The highest BCUT2D eigenvalue weighted by molar-refractivity contribution is 5.67. The highest BCUT2D eigenvalue weighted by atomic mass is 19.4. The molecular weight excluding hydrogens is 379 g/mol. The number of nitrogens with zero attached hydrogens (tertiary/aromatic N) is 1. The number of aryl methyl sites for hydroxylation is 2. The molecule has 1 fully saturated rings. The number of carboxylic acid groups (broad SMARTS) is 1. The molecule has 0 radical (unpaired) electrons. The van der Waals surface area contributed by atoms with Gasteiger partial charge in [0.05, 0.1) is 5.56 Å². The molecule has 2 aromatic carbocycles. The van der Waals surface area contributed by atoms with Crippen LogP contribution in [0.5, 0.6) is 0 Å². The Bertz CT molecular complexity index is 861. The van der Waals surface area contributed by atoms with Crippen LogP contribution < -0.4 is 0 Å². The third-order valence-electron chi connectivity index (χ3n) is 5.79. The van der Waals surface area contributed by atoms with E-state index in [4.69, 9.17) is 0 Å². The Hall–Kier alpha value is -2.34. The summed E-state index contributed by atoms with van der Waals surface area (Å²) >= 11 is 0. The molecule has 0 spiro atoms. The van der Waals surface area contributed by atoms with Crippen LogP contribution in [0.15, 0.2) is 42.5 Å². The molecule has 1 saturated heterocycles. The lowest BCUT2D eigenvalue weighted by molar-refractivity contribution is -0.139. The number of hydrogen-bond donors (Lipinski definition) is 1. The van der Waals surface area contributed by atoms with E-state index in [-0.39, 0.29) is 18.4 Å². The fourth-order valence-corrected chi connectivity index (χ4v) is 4.14. The van der Waals surface area contributed by atoms with Crippen molar-refractivity contribution in [2.24, 2.45) is 5.92 Å². The summed E-state index contributed by atoms with van der Waals surface area (Å²) < 4.78 is 38.8. The molecule has 3 nitrogen and oxygen atoms in total. The van der Waals surface area contributed by atoms with Crippen molar-refractivity contribution in [2.75, 3.05) is 6.54 Å². The van der Waals surface area contributed by atoms with Crippen LogP contribution >= 0.6 is 0 Å². The first-order valence-corrected chi connectivity index (χ1v) is 9.82. The quantitative estimate of drug-likeness (QED) is 0.689. The van der Waals surface area contributed by atoms with E-state index in [2.05, 4.69) is 30.0 Å². The molecule has 0 aromatic heterocycles. The van der Waals surface area contributed by atoms with Gasteiger partial charge in [-0.05, 0) is 68.0 Å². The summed E-state index contributed by atoms with van der Waals surface area (Å²) in [5.74, 6) is -0.807. The molecule has 2 aromatic rings. The molecule has 3 rings (SSSR count). The Morgan fingerprint density at radius 3 is 2.45 bits per heavy atom. The SMILES string of the molecule is Cc1ccc(C)c(CN2CC[C@H](CC(=O)O)C[C@@H]2c2ccc(C(F)(F)F)cc2)c1. The van der Waals surface area contributed by atoms with E-state index in [9.17, 15) is 23.1 Å². The van der Waals surface area contributed by atoms with Crippen molar-refractivity contribution in [3.8, 4) is 0 Å². The van der Waals surface area contributed by atoms with E-state index in [1.54, 1.807) is 0 Å². The van der Waals surface area contributed by atoms with Gasteiger partial charge in [0.1, 0.15) is 0 Å². The topological polar surface area (TPSA) is 40.5 Å². The molecule has 1 N–H and O–H groups in total. The minimum absolute atomic E-state index is 0.0228. The van der Waals surface area contributed by atoms with Gasteiger partial charge in [-0.1, -0.05) is 35.9 Å². The van der Waals surface area contributed by atoms with Crippen LogP contribution in [0.1, 0.15) is 53.1 Å². The second kappa shape index (κ2) is 8.57. The third-order valence-corrected chi connectivity index (χ3v) is 5.79. The highest BCUT2D eigenvalue weighted by Gasteiger charge is 2.33. The first kappa shape index (κ1) is 21.4. The van der Waals surface area contributed by atoms with E-state index in [1.807, 2.05) is 6.92 Å². The Kier molecular flexibility index (Phi) is 6.32. The number of benzene rings is 2. The van der Waals surface area contributed by atoms with Gasteiger partial charge >= 0.3 is 12.1 Å². The summed E-state index contributed by atoms with van der Waals surface area (Å²) in [6.07, 6.45) is -2.87. The summed E-state index contributed by atoms with van der Waals surface area (Å²) in [5, 5.41) is 9.18. The van der Waals surface area contributed by atoms with Gasteiger partial charge in [-0.15, -0.1) is 0 Å². The molecule has 156 valence electrons. The summed E-state index contributed by atoms with van der Waals surface area (Å²) in [5.41, 5.74) is 3.67. The lowest BCUT2D eigenvalue weighted by Gasteiger charge is -2.40. The highest BCUT2D eigenvalue weighted by Crippen LogP contribution is 2.38. The summed E-state index contributed by atoms with van der Waals surface area (Å²) in [6.45, 7) is 5.50. The van der Waals surface area contributed by atoms with E-state index in [1.165, 1.54) is 23.3 Å². The summed E-state index contributed by atoms with van der Waals surface area (Å²) in [6, 6.07) is 11.5. The van der Waals surface area contributed by atoms with E-state index >= 15 is 0 Å². The fourth-order valence-electron chi connectivity index (χ4n) is 4.14. The standard InChI is InChI=1S/C23H26F3NO2/c1-15-3-4-16(2)19(11-15)14-27-10-9-17(13-22(28)29)12-21(27)18-5-7-20(8-6-18)23(24,25)26/h3-8,11,17,21H,9-10,12-14H2,1-2H3,(H,28,29)/t17-,21+/m0/s1. The molecule has 0 saturated carbocycles. The number of halogens is 3. The van der Waals surface area contributed by atoms with E-state index < -0.39 is 17.7 Å². The van der Waals surface area contributed by atoms with Crippen molar-refractivity contribution in [3.63, 3.8) is 0 Å². The minimum atomic E-state index is -4.37. The third kappa shape index (κ3) is 5.38. The lowest BCUT2D eigenvalue weighted by Crippen LogP contribution is -2.37. The number of carboxylic acids is 1. The minimum Gasteiger partial charge on any atom is -0.481 e. The van der Waals surface area contributed by atoms with Gasteiger partial charge in [-0.25, -0.2) is 0 Å². The van der Waals surface area contributed by atoms with Gasteiger partial charge in [0.2, 0.25) is 0 Å². The predicted molar refractivity (Wildman–Crippen MR) is 105 cm³/mol. The Labute approximate surface area is 169 Å². The molecule has 0 unspecified atom stereocenters. The van der Waals surface area contributed by atoms with Crippen molar-refractivity contribution in [2.45, 2.75) is 51.9 Å².